The van der Waals surface area contributed by atoms with Gasteiger partial charge in [-0.2, -0.15) is 5.26 Å². The van der Waals surface area contributed by atoms with Gasteiger partial charge in [0.15, 0.2) is 0 Å². The molecule has 0 spiro atoms. The minimum Gasteiger partial charge on any atom is -0.303 e. The van der Waals surface area contributed by atoms with E-state index in [9.17, 15) is 0 Å². The third kappa shape index (κ3) is 6.48. The van der Waals surface area contributed by atoms with Gasteiger partial charge in [-0.15, -0.1) is 23.2 Å². The molecule has 4 heteroatoms. The zero-order valence-corrected chi connectivity index (χ0v) is 20.4. The molecule has 2 nitrogen and oxygen atoms in total. The molecule has 0 aromatic heterocycles. The number of alkyl halides is 2. The molecule has 0 amide bonds. The first-order chi connectivity index (χ1) is 15.0. The average molecular weight is 457 g/mol. The van der Waals surface area contributed by atoms with Crippen LogP contribution in [0.25, 0.3) is 0 Å². The summed E-state index contributed by atoms with van der Waals surface area (Å²) in [5.41, 5.74) is 5.57. The van der Waals surface area contributed by atoms with Crippen molar-refractivity contribution in [1.82, 2.24) is 4.90 Å². The van der Waals surface area contributed by atoms with Crippen molar-refractivity contribution in [3.05, 3.63) is 70.8 Å². The van der Waals surface area contributed by atoms with Crippen LogP contribution in [0.15, 0.2) is 48.5 Å². The molecular weight excluding hydrogens is 423 g/mol. The second-order valence-electron chi connectivity index (χ2n) is 8.76. The van der Waals surface area contributed by atoms with E-state index in [1.165, 1.54) is 29.2 Å². The molecule has 2 aliphatic rings. The van der Waals surface area contributed by atoms with Crippen molar-refractivity contribution < 1.29 is 0 Å². The first kappa shape index (κ1) is 24.1. The van der Waals surface area contributed by atoms with Crippen molar-refractivity contribution >= 4 is 23.2 Å². The number of likely N-dealkylation sites (N-methyl/N-ethyl adjacent to an activating group) is 1. The molecule has 0 atom stereocenters. The molecule has 2 fully saturated rings. The van der Waals surface area contributed by atoms with Crippen molar-refractivity contribution in [1.29, 1.82) is 5.26 Å². The van der Waals surface area contributed by atoms with E-state index in [0.717, 1.165) is 64.6 Å². The van der Waals surface area contributed by atoms with Crippen LogP contribution in [-0.4, -0.2) is 24.5 Å². The number of nitrogens with zero attached hydrogens (tertiary/aromatic N) is 2. The molecule has 166 valence electrons. The molecule has 0 radical (unpaired) electrons. The number of halogens is 2. The largest absolute Gasteiger partial charge is 0.303 e. The Labute approximate surface area is 198 Å². The summed E-state index contributed by atoms with van der Waals surface area (Å²) >= 11 is 13.7. The van der Waals surface area contributed by atoms with E-state index in [2.05, 4.69) is 60.4 Å². The number of rotatable bonds is 10. The highest BCUT2D eigenvalue weighted by Gasteiger charge is 2.48. The van der Waals surface area contributed by atoms with Crippen molar-refractivity contribution in [2.75, 3.05) is 19.6 Å². The molecule has 0 N–H and O–H groups in total. The fourth-order valence-electron chi connectivity index (χ4n) is 4.29. The Bertz CT molecular complexity index is 844. The summed E-state index contributed by atoms with van der Waals surface area (Å²) < 4.78 is 0. The SMILES string of the molecule is CC#N.CCN(CCCc1c(C2(Cl)CC2)cccc1C1(Cl)CC1)CCc1ccccc1. The zero-order chi connectivity index (χ0) is 22.3. The van der Waals surface area contributed by atoms with Gasteiger partial charge in [0.1, 0.15) is 0 Å². The summed E-state index contributed by atoms with van der Waals surface area (Å²) in [7, 11) is 0. The van der Waals surface area contributed by atoms with E-state index in [0.29, 0.717) is 0 Å². The summed E-state index contributed by atoms with van der Waals surface area (Å²) in [6.07, 6.45) is 7.74. The van der Waals surface area contributed by atoms with E-state index in [1.807, 2.05) is 0 Å². The van der Waals surface area contributed by atoms with E-state index in [-0.39, 0.29) is 9.75 Å². The van der Waals surface area contributed by atoms with Crippen LogP contribution < -0.4 is 0 Å². The van der Waals surface area contributed by atoms with Crippen LogP contribution in [0.1, 0.15) is 68.2 Å². The lowest BCUT2D eigenvalue weighted by molar-refractivity contribution is 0.288. The van der Waals surface area contributed by atoms with E-state index >= 15 is 0 Å². The highest BCUT2D eigenvalue weighted by atomic mass is 35.5. The van der Waals surface area contributed by atoms with Crippen molar-refractivity contribution in [3.8, 4) is 6.07 Å². The summed E-state index contributed by atoms with van der Waals surface area (Å²) in [4.78, 5) is 2.33. The van der Waals surface area contributed by atoms with Crippen LogP contribution in [-0.2, 0) is 22.6 Å². The average Bonchev–Trinajstić information content (AvgIpc) is 3.71. The van der Waals surface area contributed by atoms with Gasteiger partial charge in [0, 0.05) is 13.5 Å². The quantitative estimate of drug-likeness (QED) is 0.354. The standard InChI is InChI=1S/C25H31Cl2N.C2H3N/c1-2-28(19-13-20-8-4-3-5-9-20)18-7-10-21-22(24(26)14-15-24)11-6-12-23(21)25(27)16-17-25;1-2-3/h3-6,8-9,11-12H,2,7,10,13-19H2,1H3;1H3. The van der Waals surface area contributed by atoms with Gasteiger partial charge in [0.05, 0.1) is 15.8 Å². The maximum Gasteiger partial charge on any atom is 0.0699 e. The number of nitriles is 1. The predicted molar refractivity (Wildman–Crippen MR) is 132 cm³/mol. The smallest absolute Gasteiger partial charge is 0.0699 e. The van der Waals surface area contributed by atoms with Gasteiger partial charge in [0.25, 0.3) is 0 Å². The summed E-state index contributed by atoms with van der Waals surface area (Å²) in [5.74, 6) is 0. The molecular formula is C27H34Cl2N2. The van der Waals surface area contributed by atoms with Crippen LogP contribution in [0.3, 0.4) is 0 Å². The van der Waals surface area contributed by atoms with Crippen LogP contribution in [0, 0.1) is 11.3 Å². The fourth-order valence-corrected chi connectivity index (χ4v) is 4.84. The van der Waals surface area contributed by atoms with Crippen LogP contribution in [0.4, 0.5) is 0 Å². The fraction of sp³-hybridized carbons (Fsp3) is 0.519. The second kappa shape index (κ2) is 10.9. The van der Waals surface area contributed by atoms with Gasteiger partial charge < -0.3 is 4.90 Å². The van der Waals surface area contributed by atoms with E-state index in [4.69, 9.17) is 28.5 Å². The molecule has 0 heterocycles. The van der Waals surface area contributed by atoms with Gasteiger partial charge in [-0.25, -0.2) is 0 Å². The maximum absolute atomic E-state index is 7.32. The number of hydrogen-bond acceptors (Lipinski definition) is 2. The molecule has 0 saturated heterocycles. The van der Waals surface area contributed by atoms with Gasteiger partial charge in [-0.05, 0) is 80.3 Å². The lowest BCUT2D eigenvalue weighted by atomic mass is 9.91. The number of hydrogen-bond donors (Lipinski definition) is 0. The molecule has 0 bridgehead atoms. The van der Waals surface area contributed by atoms with Gasteiger partial charge in [0.2, 0.25) is 0 Å². The Hall–Kier alpha value is -1.53. The van der Waals surface area contributed by atoms with Crippen LogP contribution in [0.5, 0.6) is 0 Å². The first-order valence-corrected chi connectivity index (χ1v) is 12.3. The normalized spacial score (nSPS) is 17.4. The number of benzene rings is 2. The molecule has 0 aliphatic heterocycles. The molecule has 2 aliphatic carbocycles. The van der Waals surface area contributed by atoms with Gasteiger partial charge >= 0.3 is 0 Å². The van der Waals surface area contributed by atoms with Gasteiger partial charge in [-0.3, -0.25) is 0 Å². The third-order valence-electron chi connectivity index (χ3n) is 6.43. The van der Waals surface area contributed by atoms with E-state index < -0.39 is 0 Å². The monoisotopic (exact) mass is 456 g/mol. The Kier molecular flexibility index (Phi) is 8.45. The Morgan fingerprint density at radius 2 is 1.42 bits per heavy atom. The minimum atomic E-state index is -0.120. The maximum atomic E-state index is 7.32. The highest BCUT2D eigenvalue weighted by Crippen LogP contribution is 2.58. The predicted octanol–water partition coefficient (Wildman–Crippen LogP) is 7.17. The van der Waals surface area contributed by atoms with Crippen molar-refractivity contribution in [2.24, 2.45) is 0 Å². The van der Waals surface area contributed by atoms with Crippen molar-refractivity contribution in [3.63, 3.8) is 0 Å². The Morgan fingerprint density at radius 3 is 1.90 bits per heavy atom. The van der Waals surface area contributed by atoms with Crippen molar-refractivity contribution in [2.45, 2.75) is 68.5 Å². The molecule has 0 unspecified atom stereocenters. The van der Waals surface area contributed by atoms with Crippen LogP contribution >= 0.6 is 23.2 Å². The molecule has 2 aromatic carbocycles. The molecule has 31 heavy (non-hydrogen) atoms. The summed E-state index contributed by atoms with van der Waals surface area (Å²) in [6.45, 7) is 7.04. The Balaban J connectivity index is 0.000000858. The molecule has 2 aromatic rings. The minimum absolute atomic E-state index is 0.120. The Morgan fingerprint density at radius 1 is 0.871 bits per heavy atom. The lowest BCUT2D eigenvalue weighted by Gasteiger charge is -2.23. The van der Waals surface area contributed by atoms with Crippen LogP contribution in [0.2, 0.25) is 0 Å². The summed E-state index contributed by atoms with van der Waals surface area (Å²) in [5, 5.41) is 7.32. The molecule has 4 rings (SSSR count). The third-order valence-corrected chi connectivity index (χ3v) is 7.59. The topological polar surface area (TPSA) is 27.0 Å². The summed E-state index contributed by atoms with van der Waals surface area (Å²) in [6, 6.07) is 19.2. The first-order valence-electron chi connectivity index (χ1n) is 11.5. The second-order valence-corrected chi connectivity index (χ2v) is 10.2. The van der Waals surface area contributed by atoms with E-state index in [1.54, 1.807) is 6.07 Å². The van der Waals surface area contributed by atoms with Gasteiger partial charge in [-0.1, -0.05) is 55.5 Å². The lowest BCUT2D eigenvalue weighted by Crippen LogP contribution is -2.27. The molecule has 2 saturated carbocycles. The highest BCUT2D eigenvalue weighted by molar-refractivity contribution is 6.27. The zero-order valence-electron chi connectivity index (χ0n) is 18.8.